The Morgan fingerprint density at radius 2 is 1.73 bits per heavy atom. The van der Waals surface area contributed by atoms with Gasteiger partial charge in [-0.15, -0.1) is 11.8 Å². The Kier molecular flexibility index (Phi) is 5.75. The lowest BCUT2D eigenvalue weighted by atomic mass is 10.1. The molecule has 5 nitrogen and oxygen atoms in total. The number of hydrogen-bond donors (Lipinski definition) is 1. The molecule has 1 aliphatic heterocycles. The summed E-state index contributed by atoms with van der Waals surface area (Å²) in [6, 6.07) is 28.8. The van der Waals surface area contributed by atoms with Crippen molar-refractivity contribution in [3.63, 3.8) is 0 Å². The highest BCUT2D eigenvalue weighted by atomic mass is 32.2. The summed E-state index contributed by atoms with van der Waals surface area (Å²) in [6.07, 6.45) is 0. The third-order valence-electron chi connectivity index (χ3n) is 5.66. The minimum Gasteiger partial charge on any atom is -0.497 e. The SMILES string of the molecule is COc1ccc(N2C(=O)CSC2c2cccc(NC(=O)c3ccc4ccccc4c3)c2)cc1. The van der Waals surface area contributed by atoms with Crippen LogP contribution >= 0.6 is 11.8 Å². The van der Waals surface area contributed by atoms with Crippen molar-refractivity contribution >= 4 is 45.7 Å². The summed E-state index contributed by atoms with van der Waals surface area (Å²) in [5, 5.41) is 4.95. The molecule has 0 radical (unpaired) electrons. The molecule has 1 aliphatic rings. The van der Waals surface area contributed by atoms with Crippen molar-refractivity contribution < 1.29 is 14.3 Å². The van der Waals surface area contributed by atoms with Gasteiger partial charge >= 0.3 is 0 Å². The van der Waals surface area contributed by atoms with E-state index in [2.05, 4.69) is 5.32 Å². The lowest BCUT2D eigenvalue weighted by molar-refractivity contribution is -0.115. The molecule has 1 saturated heterocycles. The second-order valence-corrected chi connectivity index (χ2v) is 8.84. The van der Waals surface area contributed by atoms with E-state index in [4.69, 9.17) is 4.74 Å². The zero-order valence-corrected chi connectivity index (χ0v) is 18.8. The third kappa shape index (κ3) is 4.30. The molecular formula is C27H22N2O3S. The fourth-order valence-corrected chi connectivity index (χ4v) is 5.16. The Bertz CT molecular complexity index is 1340. The lowest BCUT2D eigenvalue weighted by Crippen LogP contribution is -2.27. The molecule has 0 bridgehead atoms. The van der Waals surface area contributed by atoms with Crippen LogP contribution in [0.4, 0.5) is 11.4 Å². The zero-order chi connectivity index (χ0) is 22.8. The van der Waals surface area contributed by atoms with Crippen LogP contribution < -0.4 is 15.0 Å². The Balaban J connectivity index is 1.38. The highest BCUT2D eigenvalue weighted by Crippen LogP contribution is 2.42. The molecule has 1 unspecified atom stereocenters. The molecule has 0 saturated carbocycles. The van der Waals surface area contributed by atoms with Gasteiger partial charge in [-0.2, -0.15) is 0 Å². The molecule has 1 fully saturated rings. The van der Waals surface area contributed by atoms with Crippen molar-refractivity contribution in [2.75, 3.05) is 23.1 Å². The summed E-state index contributed by atoms with van der Waals surface area (Å²) < 4.78 is 5.23. The maximum absolute atomic E-state index is 12.9. The molecular weight excluding hydrogens is 432 g/mol. The molecule has 6 heteroatoms. The number of rotatable bonds is 5. The summed E-state index contributed by atoms with van der Waals surface area (Å²) in [7, 11) is 1.62. The van der Waals surface area contributed by atoms with Crippen molar-refractivity contribution in [2.24, 2.45) is 0 Å². The molecule has 1 heterocycles. The molecule has 0 spiro atoms. The van der Waals surface area contributed by atoms with Crippen molar-refractivity contribution in [1.29, 1.82) is 0 Å². The number of carbonyl (C=O) groups is 2. The molecule has 33 heavy (non-hydrogen) atoms. The first kappa shape index (κ1) is 21.1. The van der Waals surface area contributed by atoms with Crippen molar-refractivity contribution in [1.82, 2.24) is 0 Å². The molecule has 1 N–H and O–H groups in total. The number of hydrogen-bond acceptors (Lipinski definition) is 4. The molecule has 4 aromatic rings. The largest absolute Gasteiger partial charge is 0.497 e. The molecule has 164 valence electrons. The number of nitrogens with zero attached hydrogens (tertiary/aromatic N) is 1. The molecule has 0 aliphatic carbocycles. The van der Waals surface area contributed by atoms with E-state index in [0.717, 1.165) is 27.8 Å². The van der Waals surface area contributed by atoms with Crippen molar-refractivity contribution in [3.8, 4) is 5.75 Å². The van der Waals surface area contributed by atoms with Crippen LogP contribution in [0.3, 0.4) is 0 Å². The van der Waals surface area contributed by atoms with Gasteiger partial charge < -0.3 is 10.1 Å². The minimum absolute atomic E-state index is 0.0563. The van der Waals surface area contributed by atoms with Gasteiger partial charge in [-0.1, -0.05) is 42.5 Å². The van der Waals surface area contributed by atoms with Gasteiger partial charge in [0, 0.05) is 16.9 Å². The van der Waals surface area contributed by atoms with Crippen LogP contribution in [-0.2, 0) is 4.79 Å². The highest BCUT2D eigenvalue weighted by molar-refractivity contribution is 8.00. The number of thioether (sulfide) groups is 1. The molecule has 0 aromatic heterocycles. The number of benzene rings is 4. The van der Waals surface area contributed by atoms with Gasteiger partial charge in [0.05, 0.1) is 12.9 Å². The number of methoxy groups -OCH3 is 1. The van der Waals surface area contributed by atoms with E-state index in [-0.39, 0.29) is 17.2 Å². The molecule has 1 atom stereocenters. The second kappa shape index (κ2) is 9.00. The number of anilines is 2. The van der Waals surface area contributed by atoms with Gasteiger partial charge in [0.1, 0.15) is 11.1 Å². The van der Waals surface area contributed by atoms with Crippen molar-refractivity contribution in [3.05, 3.63) is 102 Å². The summed E-state index contributed by atoms with van der Waals surface area (Å²) in [6.45, 7) is 0. The van der Waals surface area contributed by atoms with Gasteiger partial charge in [0.2, 0.25) is 5.91 Å². The maximum Gasteiger partial charge on any atom is 0.255 e. The second-order valence-electron chi connectivity index (χ2n) is 7.77. The van der Waals surface area contributed by atoms with Gasteiger partial charge in [0.25, 0.3) is 5.91 Å². The monoisotopic (exact) mass is 454 g/mol. The van der Waals surface area contributed by atoms with Crippen LogP contribution in [0.1, 0.15) is 21.3 Å². The van der Waals surface area contributed by atoms with Crippen LogP contribution in [0.15, 0.2) is 91.0 Å². The van der Waals surface area contributed by atoms with E-state index in [1.807, 2.05) is 91.0 Å². The predicted octanol–water partition coefficient (Wildman–Crippen LogP) is 5.88. The van der Waals surface area contributed by atoms with E-state index in [1.54, 1.807) is 23.8 Å². The quantitative estimate of drug-likeness (QED) is 0.409. The fourth-order valence-electron chi connectivity index (χ4n) is 4.00. The summed E-state index contributed by atoms with van der Waals surface area (Å²) in [4.78, 5) is 27.4. The van der Waals surface area contributed by atoms with E-state index < -0.39 is 0 Å². The first-order valence-electron chi connectivity index (χ1n) is 10.6. The first-order chi connectivity index (χ1) is 16.1. The summed E-state index contributed by atoms with van der Waals surface area (Å²) >= 11 is 1.57. The zero-order valence-electron chi connectivity index (χ0n) is 18.0. The van der Waals surface area contributed by atoms with Gasteiger partial charge in [-0.25, -0.2) is 0 Å². The summed E-state index contributed by atoms with van der Waals surface area (Å²) in [5.74, 6) is 1.04. The maximum atomic E-state index is 12.9. The first-order valence-corrected chi connectivity index (χ1v) is 11.6. The van der Waals surface area contributed by atoms with E-state index >= 15 is 0 Å². The number of amides is 2. The topological polar surface area (TPSA) is 58.6 Å². The van der Waals surface area contributed by atoms with E-state index in [9.17, 15) is 9.59 Å². The van der Waals surface area contributed by atoms with Crippen molar-refractivity contribution in [2.45, 2.75) is 5.37 Å². The normalized spacial score (nSPS) is 15.6. The Labute approximate surface area is 196 Å². The van der Waals surface area contributed by atoms with Crippen LogP contribution in [-0.4, -0.2) is 24.7 Å². The predicted molar refractivity (Wildman–Crippen MR) is 134 cm³/mol. The third-order valence-corrected chi connectivity index (χ3v) is 6.87. The van der Waals surface area contributed by atoms with Gasteiger partial charge in [-0.3, -0.25) is 14.5 Å². The Morgan fingerprint density at radius 3 is 2.52 bits per heavy atom. The molecule has 5 rings (SSSR count). The number of ether oxygens (including phenoxy) is 1. The van der Waals surface area contributed by atoms with Crippen LogP contribution in [0.25, 0.3) is 10.8 Å². The van der Waals surface area contributed by atoms with Crippen LogP contribution in [0.2, 0.25) is 0 Å². The molecule has 4 aromatic carbocycles. The van der Waals surface area contributed by atoms with Crippen LogP contribution in [0.5, 0.6) is 5.75 Å². The highest BCUT2D eigenvalue weighted by Gasteiger charge is 2.34. The smallest absolute Gasteiger partial charge is 0.255 e. The number of fused-ring (bicyclic) bond motifs is 1. The lowest BCUT2D eigenvalue weighted by Gasteiger charge is -2.25. The summed E-state index contributed by atoms with van der Waals surface area (Å²) in [5.41, 5.74) is 3.07. The standard InChI is InChI=1S/C27H22N2O3S/c1-32-24-13-11-23(12-14-24)29-25(30)17-33-27(29)21-7-4-8-22(16-21)28-26(31)20-10-9-18-5-2-3-6-19(18)15-20/h2-16,27H,17H2,1H3,(H,28,31). The van der Waals surface area contributed by atoms with E-state index in [1.165, 1.54) is 0 Å². The van der Waals surface area contributed by atoms with Gasteiger partial charge in [0.15, 0.2) is 0 Å². The van der Waals surface area contributed by atoms with E-state index in [0.29, 0.717) is 17.0 Å². The Hall–Kier alpha value is -3.77. The Morgan fingerprint density at radius 1 is 0.939 bits per heavy atom. The average Bonchev–Trinajstić information content (AvgIpc) is 3.25. The fraction of sp³-hybridized carbons (Fsp3) is 0.111. The number of carbonyl (C=O) groups excluding carboxylic acids is 2. The minimum atomic E-state index is -0.167. The van der Waals surface area contributed by atoms with Gasteiger partial charge in [-0.05, 0) is 64.9 Å². The van der Waals surface area contributed by atoms with Crippen LogP contribution in [0, 0.1) is 0 Å². The average molecular weight is 455 g/mol. The number of nitrogens with one attached hydrogen (secondary N) is 1. The molecule has 2 amide bonds.